The predicted molar refractivity (Wildman–Crippen MR) is 91.5 cm³/mol. The summed E-state index contributed by atoms with van der Waals surface area (Å²) in [6, 6.07) is 19.1. The summed E-state index contributed by atoms with van der Waals surface area (Å²) >= 11 is 6.26. The minimum Gasteiger partial charge on any atom is -0.306 e. The minimum atomic E-state index is 0.373. The highest BCUT2D eigenvalue weighted by Gasteiger charge is 2.19. The largest absolute Gasteiger partial charge is 0.306 e. The molecule has 0 saturated carbocycles. The Morgan fingerprint density at radius 2 is 1.52 bits per heavy atom. The lowest BCUT2D eigenvalue weighted by atomic mass is 9.88. The maximum atomic E-state index is 6.26. The first-order chi connectivity index (χ1) is 10.3. The normalized spacial score (nSPS) is 12.6. The minimum absolute atomic E-state index is 0.373. The van der Waals surface area contributed by atoms with Crippen LogP contribution in [0.25, 0.3) is 0 Å². The number of hydrogen-bond donors (Lipinski definition) is 1. The maximum absolute atomic E-state index is 6.26. The van der Waals surface area contributed by atoms with E-state index in [-0.39, 0.29) is 0 Å². The van der Waals surface area contributed by atoms with Crippen molar-refractivity contribution in [2.24, 2.45) is 5.92 Å². The van der Waals surface area contributed by atoms with E-state index < -0.39 is 0 Å². The van der Waals surface area contributed by atoms with Gasteiger partial charge in [-0.1, -0.05) is 86.8 Å². The van der Waals surface area contributed by atoms with Crippen LogP contribution in [-0.4, -0.2) is 0 Å². The fourth-order valence-electron chi connectivity index (χ4n) is 2.84. The van der Waals surface area contributed by atoms with E-state index in [2.05, 4.69) is 55.6 Å². The van der Waals surface area contributed by atoms with E-state index >= 15 is 0 Å². The zero-order chi connectivity index (χ0) is 15.1. The molecule has 0 bridgehead atoms. The van der Waals surface area contributed by atoms with Gasteiger partial charge in [-0.2, -0.15) is 0 Å². The zero-order valence-corrected chi connectivity index (χ0v) is 13.6. The predicted octanol–water partition coefficient (Wildman–Crippen LogP) is 5.61. The highest BCUT2D eigenvalue weighted by Crippen LogP contribution is 2.28. The highest BCUT2D eigenvalue weighted by molar-refractivity contribution is 6.31. The van der Waals surface area contributed by atoms with Crippen LogP contribution in [-0.2, 0) is 6.54 Å². The second kappa shape index (κ2) is 8.21. The van der Waals surface area contributed by atoms with Crippen LogP contribution in [0.15, 0.2) is 54.6 Å². The molecule has 0 aliphatic carbocycles. The molecule has 1 N–H and O–H groups in total. The molecule has 0 aromatic heterocycles. The quantitative estimate of drug-likeness (QED) is 0.701. The van der Waals surface area contributed by atoms with Gasteiger partial charge in [-0.25, -0.2) is 0 Å². The molecule has 0 amide bonds. The first-order valence-electron chi connectivity index (χ1n) is 7.78. The van der Waals surface area contributed by atoms with Crippen molar-refractivity contribution >= 4 is 11.6 Å². The molecular weight excluding hydrogens is 278 g/mol. The Morgan fingerprint density at radius 3 is 2.14 bits per heavy atom. The standard InChI is InChI=1S/C19H24ClN/c1-3-15(4-2)19(16-10-6-5-7-11-16)21-14-17-12-8-9-13-18(17)20/h5-13,15,19,21H,3-4,14H2,1-2H3. The molecule has 2 aromatic carbocycles. The second-order valence-electron chi connectivity index (χ2n) is 5.44. The average molecular weight is 302 g/mol. The Labute approximate surface area is 133 Å². The lowest BCUT2D eigenvalue weighted by molar-refractivity contribution is 0.339. The van der Waals surface area contributed by atoms with Crippen LogP contribution in [0.1, 0.15) is 43.9 Å². The van der Waals surface area contributed by atoms with Crippen molar-refractivity contribution in [2.45, 2.75) is 39.3 Å². The molecule has 0 heterocycles. The van der Waals surface area contributed by atoms with Gasteiger partial charge in [-0.05, 0) is 23.1 Å². The van der Waals surface area contributed by atoms with Crippen LogP contribution < -0.4 is 5.32 Å². The van der Waals surface area contributed by atoms with Gasteiger partial charge in [0.05, 0.1) is 0 Å². The fourth-order valence-corrected chi connectivity index (χ4v) is 3.04. The van der Waals surface area contributed by atoms with Gasteiger partial charge in [-0.15, -0.1) is 0 Å². The molecule has 2 rings (SSSR count). The van der Waals surface area contributed by atoms with Crippen molar-refractivity contribution < 1.29 is 0 Å². The van der Waals surface area contributed by atoms with E-state index in [0.29, 0.717) is 12.0 Å². The van der Waals surface area contributed by atoms with Crippen molar-refractivity contribution in [1.29, 1.82) is 0 Å². The highest BCUT2D eigenvalue weighted by atomic mass is 35.5. The second-order valence-corrected chi connectivity index (χ2v) is 5.84. The van der Waals surface area contributed by atoms with Gasteiger partial charge in [0.25, 0.3) is 0 Å². The van der Waals surface area contributed by atoms with Gasteiger partial charge in [0, 0.05) is 17.6 Å². The van der Waals surface area contributed by atoms with E-state index in [1.54, 1.807) is 0 Å². The first kappa shape index (κ1) is 16.1. The lowest BCUT2D eigenvalue weighted by Crippen LogP contribution is -2.27. The fraction of sp³-hybridized carbons (Fsp3) is 0.368. The molecule has 0 aliphatic heterocycles. The van der Waals surface area contributed by atoms with Crippen LogP contribution >= 0.6 is 11.6 Å². The molecule has 1 nitrogen and oxygen atoms in total. The Bertz CT molecular complexity index is 534. The summed E-state index contributed by atoms with van der Waals surface area (Å²) in [5.74, 6) is 0.634. The van der Waals surface area contributed by atoms with Gasteiger partial charge in [0.2, 0.25) is 0 Å². The van der Waals surface area contributed by atoms with E-state index in [9.17, 15) is 0 Å². The van der Waals surface area contributed by atoms with Crippen molar-refractivity contribution in [1.82, 2.24) is 5.32 Å². The molecule has 112 valence electrons. The maximum Gasteiger partial charge on any atom is 0.0450 e. The summed E-state index contributed by atoms with van der Waals surface area (Å²) in [5, 5.41) is 4.55. The molecular formula is C19H24ClN. The Hall–Kier alpha value is -1.31. The Morgan fingerprint density at radius 1 is 0.905 bits per heavy atom. The summed E-state index contributed by atoms with van der Waals surface area (Å²) in [5.41, 5.74) is 2.52. The molecule has 0 aliphatic rings. The molecule has 1 unspecified atom stereocenters. The third-order valence-electron chi connectivity index (χ3n) is 4.15. The summed E-state index contributed by atoms with van der Waals surface area (Å²) < 4.78 is 0. The molecule has 1 atom stereocenters. The van der Waals surface area contributed by atoms with Gasteiger partial charge in [0.1, 0.15) is 0 Å². The van der Waals surface area contributed by atoms with Crippen molar-refractivity contribution in [3.05, 3.63) is 70.7 Å². The summed E-state index contributed by atoms with van der Waals surface area (Å²) in [7, 11) is 0. The number of nitrogens with one attached hydrogen (secondary N) is 1. The molecule has 2 aromatic rings. The number of rotatable bonds is 7. The Kier molecular flexibility index (Phi) is 6.28. The lowest BCUT2D eigenvalue weighted by Gasteiger charge is -2.27. The topological polar surface area (TPSA) is 12.0 Å². The van der Waals surface area contributed by atoms with E-state index in [4.69, 9.17) is 11.6 Å². The Balaban J connectivity index is 2.15. The summed E-state index contributed by atoms with van der Waals surface area (Å²) in [4.78, 5) is 0. The SMILES string of the molecule is CCC(CC)C(NCc1ccccc1Cl)c1ccccc1. The summed E-state index contributed by atoms with van der Waals surface area (Å²) in [6.45, 7) is 5.33. The van der Waals surface area contributed by atoms with Crippen molar-refractivity contribution in [3.63, 3.8) is 0 Å². The first-order valence-corrected chi connectivity index (χ1v) is 8.15. The van der Waals surface area contributed by atoms with Crippen LogP contribution in [0.5, 0.6) is 0 Å². The monoisotopic (exact) mass is 301 g/mol. The van der Waals surface area contributed by atoms with Gasteiger partial charge < -0.3 is 5.32 Å². The number of benzene rings is 2. The summed E-state index contributed by atoms with van der Waals surface area (Å²) in [6.07, 6.45) is 2.34. The zero-order valence-electron chi connectivity index (χ0n) is 12.9. The van der Waals surface area contributed by atoms with E-state index in [0.717, 1.165) is 17.1 Å². The molecule has 21 heavy (non-hydrogen) atoms. The van der Waals surface area contributed by atoms with Crippen LogP contribution in [0.4, 0.5) is 0 Å². The number of hydrogen-bond acceptors (Lipinski definition) is 1. The van der Waals surface area contributed by atoms with E-state index in [1.807, 2.05) is 18.2 Å². The molecule has 2 heteroatoms. The van der Waals surface area contributed by atoms with Crippen molar-refractivity contribution in [2.75, 3.05) is 0 Å². The molecule has 0 fully saturated rings. The van der Waals surface area contributed by atoms with Crippen molar-refractivity contribution in [3.8, 4) is 0 Å². The average Bonchev–Trinajstić information content (AvgIpc) is 2.54. The van der Waals surface area contributed by atoms with Gasteiger partial charge in [-0.3, -0.25) is 0 Å². The molecule has 0 saturated heterocycles. The van der Waals surface area contributed by atoms with E-state index in [1.165, 1.54) is 18.4 Å². The third kappa shape index (κ3) is 4.33. The van der Waals surface area contributed by atoms with Gasteiger partial charge >= 0.3 is 0 Å². The molecule has 0 radical (unpaired) electrons. The molecule has 0 spiro atoms. The van der Waals surface area contributed by atoms with Gasteiger partial charge in [0.15, 0.2) is 0 Å². The smallest absolute Gasteiger partial charge is 0.0450 e. The van der Waals surface area contributed by atoms with Crippen LogP contribution in [0, 0.1) is 5.92 Å². The number of halogens is 1. The van der Waals surface area contributed by atoms with Crippen LogP contribution in [0.3, 0.4) is 0 Å². The van der Waals surface area contributed by atoms with Crippen LogP contribution in [0.2, 0.25) is 5.02 Å². The third-order valence-corrected chi connectivity index (χ3v) is 4.52.